The minimum Gasteiger partial charge on any atom is -0.396 e. The van der Waals surface area contributed by atoms with Crippen LogP contribution in [0, 0.1) is 6.92 Å². The zero-order chi connectivity index (χ0) is 9.68. The zero-order valence-corrected chi connectivity index (χ0v) is 9.03. The Kier molecular flexibility index (Phi) is 4.09. The average Bonchev–Trinajstić information content (AvgIpc) is 2.13. The molecule has 1 heterocycles. The van der Waals surface area contributed by atoms with Crippen molar-refractivity contribution < 1.29 is 0 Å². The van der Waals surface area contributed by atoms with Crippen LogP contribution in [-0.4, -0.2) is 10.7 Å². The van der Waals surface area contributed by atoms with Crippen molar-refractivity contribution in [3.8, 4) is 0 Å². The average molecular weight is 196 g/mol. The van der Waals surface area contributed by atoms with E-state index in [2.05, 4.69) is 11.9 Å². The summed E-state index contributed by atoms with van der Waals surface area (Å²) in [5.74, 6) is 1.11. The predicted molar refractivity (Wildman–Crippen MR) is 59.0 cm³/mol. The quantitative estimate of drug-likeness (QED) is 0.594. The molecule has 3 heteroatoms. The Morgan fingerprint density at radius 2 is 2.31 bits per heavy atom. The summed E-state index contributed by atoms with van der Waals surface area (Å²) in [6.07, 6.45) is 4.26. The Bertz CT molecular complexity index is 274. The predicted octanol–water partition coefficient (Wildman–Crippen LogP) is 2.86. The molecule has 0 saturated carbocycles. The molecule has 13 heavy (non-hydrogen) atoms. The van der Waals surface area contributed by atoms with E-state index in [0.717, 1.165) is 22.0 Å². The van der Waals surface area contributed by atoms with E-state index < -0.39 is 0 Å². The first-order valence-electron chi connectivity index (χ1n) is 4.59. The van der Waals surface area contributed by atoms with Gasteiger partial charge < -0.3 is 5.73 Å². The second kappa shape index (κ2) is 5.12. The highest BCUT2D eigenvalue weighted by Gasteiger charge is 2.02. The summed E-state index contributed by atoms with van der Waals surface area (Å²) in [7, 11) is 0. The molecule has 0 unspecified atom stereocenters. The lowest BCUT2D eigenvalue weighted by Crippen LogP contribution is -1.95. The molecular weight excluding hydrogens is 180 g/mol. The molecule has 0 fully saturated rings. The number of pyridine rings is 1. The Morgan fingerprint density at radius 3 is 3.00 bits per heavy atom. The van der Waals surface area contributed by atoms with Gasteiger partial charge in [-0.1, -0.05) is 13.3 Å². The van der Waals surface area contributed by atoms with E-state index in [-0.39, 0.29) is 0 Å². The fraction of sp³-hybridized carbons (Fsp3) is 0.500. The van der Waals surface area contributed by atoms with Gasteiger partial charge in [0.25, 0.3) is 0 Å². The monoisotopic (exact) mass is 196 g/mol. The van der Waals surface area contributed by atoms with E-state index in [1.165, 1.54) is 12.8 Å². The molecule has 0 spiro atoms. The number of aryl methyl sites for hydroxylation is 1. The third-order valence-corrected chi connectivity index (χ3v) is 3.00. The summed E-state index contributed by atoms with van der Waals surface area (Å²) in [6.45, 7) is 4.20. The standard InChI is InChI=1S/C10H16N2S/c1-3-4-7-13-10-9(11)8(2)5-6-12-10/h5-6H,3-4,7,11H2,1-2H3. The summed E-state index contributed by atoms with van der Waals surface area (Å²) in [5, 5.41) is 0.980. The van der Waals surface area contributed by atoms with Gasteiger partial charge in [-0.2, -0.15) is 0 Å². The maximum Gasteiger partial charge on any atom is 0.119 e. The van der Waals surface area contributed by atoms with Crippen LogP contribution in [-0.2, 0) is 0 Å². The van der Waals surface area contributed by atoms with Gasteiger partial charge in [0.15, 0.2) is 0 Å². The van der Waals surface area contributed by atoms with E-state index in [1.807, 2.05) is 19.2 Å². The van der Waals surface area contributed by atoms with Crippen molar-refractivity contribution in [3.05, 3.63) is 17.8 Å². The molecule has 0 radical (unpaired) electrons. The van der Waals surface area contributed by atoms with Crippen LogP contribution in [0.1, 0.15) is 25.3 Å². The second-order valence-corrected chi connectivity index (χ2v) is 4.13. The van der Waals surface area contributed by atoms with Crippen molar-refractivity contribution in [3.63, 3.8) is 0 Å². The number of nitrogens with zero attached hydrogens (tertiary/aromatic N) is 1. The van der Waals surface area contributed by atoms with Crippen molar-refractivity contribution in [2.45, 2.75) is 31.7 Å². The SMILES string of the molecule is CCCCSc1nccc(C)c1N. The number of hydrogen-bond acceptors (Lipinski definition) is 3. The van der Waals surface area contributed by atoms with Gasteiger partial charge in [0.1, 0.15) is 5.03 Å². The lowest BCUT2D eigenvalue weighted by Gasteiger charge is -2.05. The van der Waals surface area contributed by atoms with E-state index in [1.54, 1.807) is 11.8 Å². The molecule has 0 bridgehead atoms. The Morgan fingerprint density at radius 1 is 1.54 bits per heavy atom. The first-order valence-corrected chi connectivity index (χ1v) is 5.58. The van der Waals surface area contributed by atoms with Crippen molar-refractivity contribution >= 4 is 17.4 Å². The molecule has 2 N–H and O–H groups in total. The highest BCUT2D eigenvalue weighted by molar-refractivity contribution is 7.99. The number of nitrogen functional groups attached to an aromatic ring is 1. The topological polar surface area (TPSA) is 38.9 Å². The fourth-order valence-corrected chi connectivity index (χ4v) is 2.05. The molecule has 0 aromatic carbocycles. The first-order chi connectivity index (χ1) is 6.25. The van der Waals surface area contributed by atoms with Crippen LogP contribution in [0.2, 0.25) is 0 Å². The van der Waals surface area contributed by atoms with E-state index >= 15 is 0 Å². The smallest absolute Gasteiger partial charge is 0.119 e. The van der Waals surface area contributed by atoms with Crippen LogP contribution in [0.25, 0.3) is 0 Å². The van der Waals surface area contributed by atoms with Crippen molar-refractivity contribution in [2.24, 2.45) is 0 Å². The zero-order valence-electron chi connectivity index (χ0n) is 8.21. The molecule has 0 atom stereocenters. The third-order valence-electron chi connectivity index (χ3n) is 1.91. The Hall–Kier alpha value is -0.700. The summed E-state index contributed by atoms with van der Waals surface area (Å²) in [5.41, 5.74) is 7.84. The lowest BCUT2D eigenvalue weighted by molar-refractivity contribution is 0.894. The normalized spacial score (nSPS) is 10.3. The van der Waals surface area contributed by atoms with Crippen molar-refractivity contribution in [1.29, 1.82) is 0 Å². The highest BCUT2D eigenvalue weighted by Crippen LogP contribution is 2.25. The van der Waals surface area contributed by atoms with Gasteiger partial charge in [-0.25, -0.2) is 4.98 Å². The summed E-state index contributed by atoms with van der Waals surface area (Å²) in [6, 6.07) is 1.94. The maximum absolute atomic E-state index is 5.88. The number of rotatable bonds is 4. The number of unbranched alkanes of at least 4 members (excludes halogenated alkanes) is 1. The van der Waals surface area contributed by atoms with Crippen molar-refractivity contribution in [1.82, 2.24) is 4.98 Å². The van der Waals surface area contributed by atoms with E-state index in [0.29, 0.717) is 0 Å². The number of nitrogens with two attached hydrogens (primary N) is 1. The maximum atomic E-state index is 5.88. The highest BCUT2D eigenvalue weighted by atomic mass is 32.2. The van der Waals surface area contributed by atoms with Gasteiger partial charge in [0, 0.05) is 6.20 Å². The van der Waals surface area contributed by atoms with Gasteiger partial charge in [0.05, 0.1) is 5.69 Å². The number of anilines is 1. The first kappa shape index (κ1) is 10.4. The fourth-order valence-electron chi connectivity index (χ4n) is 0.973. The van der Waals surface area contributed by atoms with Crippen LogP contribution >= 0.6 is 11.8 Å². The summed E-state index contributed by atoms with van der Waals surface area (Å²) in [4.78, 5) is 4.25. The summed E-state index contributed by atoms with van der Waals surface area (Å²) >= 11 is 1.75. The third kappa shape index (κ3) is 2.92. The lowest BCUT2D eigenvalue weighted by atomic mass is 10.3. The number of thioether (sulfide) groups is 1. The molecule has 2 nitrogen and oxygen atoms in total. The molecule has 1 rings (SSSR count). The van der Waals surface area contributed by atoms with Crippen LogP contribution in [0.5, 0.6) is 0 Å². The molecule has 0 aliphatic rings. The molecule has 0 saturated heterocycles. The van der Waals surface area contributed by atoms with Crippen LogP contribution in [0.4, 0.5) is 5.69 Å². The van der Waals surface area contributed by atoms with Gasteiger partial charge in [-0.3, -0.25) is 0 Å². The van der Waals surface area contributed by atoms with Crippen LogP contribution in [0.3, 0.4) is 0 Å². The molecule has 0 amide bonds. The van der Waals surface area contributed by atoms with Crippen LogP contribution in [0.15, 0.2) is 17.3 Å². The van der Waals surface area contributed by atoms with E-state index in [9.17, 15) is 0 Å². The van der Waals surface area contributed by atoms with Crippen LogP contribution < -0.4 is 5.73 Å². The van der Waals surface area contributed by atoms with Gasteiger partial charge in [0.2, 0.25) is 0 Å². The number of aromatic nitrogens is 1. The van der Waals surface area contributed by atoms with Gasteiger partial charge in [-0.15, -0.1) is 11.8 Å². The molecule has 72 valence electrons. The summed E-state index contributed by atoms with van der Waals surface area (Å²) < 4.78 is 0. The largest absolute Gasteiger partial charge is 0.396 e. The minimum atomic E-state index is 0.837. The molecule has 1 aromatic rings. The van der Waals surface area contributed by atoms with Gasteiger partial charge in [-0.05, 0) is 30.7 Å². The molecule has 1 aromatic heterocycles. The Labute approximate surface area is 83.9 Å². The minimum absolute atomic E-state index is 0.837. The Balaban J connectivity index is 2.61. The van der Waals surface area contributed by atoms with Gasteiger partial charge >= 0.3 is 0 Å². The van der Waals surface area contributed by atoms with Crippen molar-refractivity contribution in [2.75, 3.05) is 11.5 Å². The molecule has 0 aliphatic heterocycles. The van der Waals surface area contributed by atoms with E-state index in [4.69, 9.17) is 5.73 Å². The number of hydrogen-bond donors (Lipinski definition) is 1. The second-order valence-electron chi connectivity index (χ2n) is 3.05. The molecule has 0 aliphatic carbocycles. The molecular formula is C10H16N2S.